The van der Waals surface area contributed by atoms with E-state index in [-0.39, 0.29) is 4.90 Å². The van der Waals surface area contributed by atoms with Gasteiger partial charge in [0.2, 0.25) is 0 Å². The second-order valence-electron chi connectivity index (χ2n) is 4.57. The smallest absolute Gasteiger partial charge is 0.261 e. The van der Waals surface area contributed by atoms with Gasteiger partial charge in [0.05, 0.1) is 17.2 Å². The summed E-state index contributed by atoms with van der Waals surface area (Å²) in [4.78, 5) is 0.179. The minimum Gasteiger partial charge on any atom is -0.399 e. The fourth-order valence-corrected chi connectivity index (χ4v) is 3.00. The quantitative estimate of drug-likeness (QED) is 0.802. The van der Waals surface area contributed by atoms with E-state index in [0.717, 1.165) is 5.56 Å². The fourth-order valence-electron chi connectivity index (χ4n) is 1.90. The summed E-state index contributed by atoms with van der Waals surface area (Å²) in [6, 6.07) is 13.4. The van der Waals surface area contributed by atoms with Crippen LogP contribution in [0.15, 0.2) is 53.4 Å². The van der Waals surface area contributed by atoms with Gasteiger partial charge in [-0.2, -0.15) is 0 Å². The number of hydrogen-bond acceptors (Lipinski definition) is 4. The third-order valence-electron chi connectivity index (χ3n) is 3.03. The van der Waals surface area contributed by atoms with Crippen molar-refractivity contribution in [3.8, 4) is 0 Å². The minimum atomic E-state index is -3.62. The molecule has 6 heteroatoms. The van der Waals surface area contributed by atoms with Gasteiger partial charge < -0.3 is 10.5 Å². The monoisotopic (exact) mass is 306 g/mol. The molecule has 0 saturated carbocycles. The number of para-hydroxylation sites is 1. The molecule has 0 fully saturated rings. The van der Waals surface area contributed by atoms with Crippen LogP contribution in [0.4, 0.5) is 11.4 Å². The van der Waals surface area contributed by atoms with Gasteiger partial charge in [-0.3, -0.25) is 4.72 Å². The zero-order valence-electron chi connectivity index (χ0n) is 11.7. The Hall–Kier alpha value is -2.05. The molecule has 0 amide bonds. The number of nitrogens with one attached hydrogen (secondary N) is 1. The standard InChI is InChI=1S/C15H18N2O3S/c1-20-11-10-12-4-2-3-5-15(12)17-21(18,19)14-8-6-13(16)7-9-14/h2-9,17H,10-11,16H2,1H3. The summed E-state index contributed by atoms with van der Waals surface area (Å²) in [6.07, 6.45) is 0.636. The molecule has 0 atom stereocenters. The number of rotatable bonds is 6. The van der Waals surface area contributed by atoms with Crippen LogP contribution < -0.4 is 10.5 Å². The summed E-state index contributed by atoms with van der Waals surface area (Å²) >= 11 is 0. The first-order chi connectivity index (χ1) is 10.0. The maximum atomic E-state index is 12.4. The maximum absolute atomic E-state index is 12.4. The number of anilines is 2. The number of nitrogens with two attached hydrogens (primary N) is 1. The van der Waals surface area contributed by atoms with Crippen LogP contribution in [0, 0.1) is 0 Å². The van der Waals surface area contributed by atoms with E-state index < -0.39 is 10.0 Å². The van der Waals surface area contributed by atoms with Crippen LogP contribution >= 0.6 is 0 Å². The molecule has 0 aromatic heterocycles. The molecule has 0 saturated heterocycles. The van der Waals surface area contributed by atoms with Gasteiger partial charge in [-0.15, -0.1) is 0 Å². The van der Waals surface area contributed by atoms with E-state index in [0.29, 0.717) is 24.4 Å². The Morgan fingerprint density at radius 2 is 1.76 bits per heavy atom. The SMILES string of the molecule is COCCc1ccccc1NS(=O)(=O)c1ccc(N)cc1. The molecule has 0 spiro atoms. The maximum Gasteiger partial charge on any atom is 0.261 e. The molecule has 2 rings (SSSR count). The van der Waals surface area contributed by atoms with Gasteiger partial charge in [0, 0.05) is 12.8 Å². The summed E-state index contributed by atoms with van der Waals surface area (Å²) in [5, 5.41) is 0. The lowest BCUT2D eigenvalue weighted by Gasteiger charge is -2.12. The Balaban J connectivity index is 2.26. The molecule has 0 aliphatic carbocycles. The lowest BCUT2D eigenvalue weighted by molar-refractivity contribution is 0.202. The van der Waals surface area contributed by atoms with Crippen LogP contribution in [0.2, 0.25) is 0 Å². The van der Waals surface area contributed by atoms with E-state index >= 15 is 0 Å². The molecule has 21 heavy (non-hydrogen) atoms. The summed E-state index contributed by atoms with van der Waals surface area (Å²) in [5.74, 6) is 0. The molecule has 2 aromatic rings. The first-order valence-electron chi connectivity index (χ1n) is 6.48. The van der Waals surface area contributed by atoms with Gasteiger partial charge in [0.25, 0.3) is 10.0 Å². The van der Waals surface area contributed by atoms with Crippen molar-refractivity contribution in [2.75, 3.05) is 24.2 Å². The summed E-state index contributed by atoms with van der Waals surface area (Å²) in [6.45, 7) is 0.528. The van der Waals surface area contributed by atoms with Gasteiger partial charge in [-0.05, 0) is 42.3 Å². The Morgan fingerprint density at radius 1 is 1.10 bits per heavy atom. The van der Waals surface area contributed by atoms with Gasteiger partial charge in [-0.25, -0.2) is 8.42 Å². The van der Waals surface area contributed by atoms with Crippen molar-refractivity contribution >= 4 is 21.4 Å². The first kappa shape index (κ1) is 15.3. The number of ether oxygens (including phenoxy) is 1. The number of methoxy groups -OCH3 is 1. The Labute approximate surface area is 124 Å². The van der Waals surface area contributed by atoms with Crippen LogP contribution in [-0.2, 0) is 21.2 Å². The largest absolute Gasteiger partial charge is 0.399 e. The van der Waals surface area contributed by atoms with Crippen LogP contribution in [0.25, 0.3) is 0 Å². The second-order valence-corrected chi connectivity index (χ2v) is 6.26. The number of benzene rings is 2. The van der Waals surface area contributed by atoms with Crippen molar-refractivity contribution in [2.45, 2.75) is 11.3 Å². The summed E-state index contributed by atoms with van der Waals surface area (Å²) < 4.78 is 32.4. The molecule has 0 radical (unpaired) electrons. The fraction of sp³-hybridized carbons (Fsp3) is 0.200. The van der Waals surface area contributed by atoms with Crippen molar-refractivity contribution in [1.82, 2.24) is 0 Å². The molecule has 0 aliphatic rings. The molecular weight excluding hydrogens is 288 g/mol. The van der Waals surface area contributed by atoms with E-state index in [2.05, 4.69) is 4.72 Å². The molecule has 0 bridgehead atoms. The zero-order valence-corrected chi connectivity index (χ0v) is 12.6. The molecule has 3 N–H and O–H groups in total. The summed E-state index contributed by atoms with van der Waals surface area (Å²) in [7, 11) is -2.01. The van der Waals surface area contributed by atoms with Crippen LogP contribution in [-0.4, -0.2) is 22.1 Å². The molecule has 5 nitrogen and oxygen atoms in total. The molecule has 2 aromatic carbocycles. The van der Waals surface area contributed by atoms with E-state index in [1.54, 1.807) is 31.4 Å². The van der Waals surface area contributed by atoms with Gasteiger partial charge in [0.1, 0.15) is 0 Å². The van der Waals surface area contributed by atoms with Crippen molar-refractivity contribution in [3.63, 3.8) is 0 Å². The molecule has 0 unspecified atom stereocenters. The van der Waals surface area contributed by atoms with Crippen molar-refractivity contribution < 1.29 is 13.2 Å². The molecular formula is C15H18N2O3S. The molecule has 0 heterocycles. The van der Waals surface area contributed by atoms with E-state index in [9.17, 15) is 8.42 Å². The highest BCUT2D eigenvalue weighted by molar-refractivity contribution is 7.92. The van der Waals surface area contributed by atoms with Crippen LogP contribution in [0.1, 0.15) is 5.56 Å². The highest BCUT2D eigenvalue weighted by atomic mass is 32.2. The van der Waals surface area contributed by atoms with E-state index in [1.807, 2.05) is 12.1 Å². The number of nitrogen functional groups attached to an aromatic ring is 1. The first-order valence-corrected chi connectivity index (χ1v) is 7.96. The molecule has 0 aliphatic heterocycles. The van der Waals surface area contributed by atoms with Gasteiger partial charge >= 0.3 is 0 Å². The van der Waals surface area contributed by atoms with Gasteiger partial charge in [-0.1, -0.05) is 18.2 Å². The third-order valence-corrected chi connectivity index (χ3v) is 4.41. The van der Waals surface area contributed by atoms with E-state index in [4.69, 9.17) is 10.5 Å². The van der Waals surface area contributed by atoms with Crippen molar-refractivity contribution in [1.29, 1.82) is 0 Å². The lowest BCUT2D eigenvalue weighted by atomic mass is 10.1. The van der Waals surface area contributed by atoms with E-state index in [1.165, 1.54) is 12.1 Å². The highest BCUT2D eigenvalue weighted by Gasteiger charge is 2.15. The molecule has 112 valence electrons. The van der Waals surface area contributed by atoms with Crippen molar-refractivity contribution in [2.24, 2.45) is 0 Å². The highest BCUT2D eigenvalue weighted by Crippen LogP contribution is 2.21. The second kappa shape index (κ2) is 6.60. The average molecular weight is 306 g/mol. The number of hydrogen-bond donors (Lipinski definition) is 2. The van der Waals surface area contributed by atoms with Crippen LogP contribution in [0.5, 0.6) is 0 Å². The predicted octanol–water partition coefficient (Wildman–Crippen LogP) is 2.26. The Kier molecular flexibility index (Phi) is 4.82. The van der Waals surface area contributed by atoms with Crippen molar-refractivity contribution in [3.05, 3.63) is 54.1 Å². The predicted molar refractivity (Wildman–Crippen MR) is 83.7 cm³/mol. The minimum absolute atomic E-state index is 0.179. The lowest BCUT2D eigenvalue weighted by Crippen LogP contribution is -2.14. The Bertz CT molecular complexity index is 697. The topological polar surface area (TPSA) is 81.4 Å². The van der Waals surface area contributed by atoms with Crippen LogP contribution in [0.3, 0.4) is 0 Å². The number of sulfonamides is 1. The zero-order chi connectivity index (χ0) is 15.3. The average Bonchev–Trinajstić information content (AvgIpc) is 2.46. The third kappa shape index (κ3) is 3.96. The van der Waals surface area contributed by atoms with Gasteiger partial charge in [0.15, 0.2) is 0 Å². The summed E-state index contributed by atoms with van der Waals surface area (Å²) in [5.41, 5.74) is 7.54. The Morgan fingerprint density at radius 3 is 2.43 bits per heavy atom. The normalized spacial score (nSPS) is 11.3.